The van der Waals surface area contributed by atoms with Crippen LogP contribution in [0.15, 0.2) is 18.2 Å². The number of hydrogen-bond acceptors (Lipinski definition) is 5. The van der Waals surface area contributed by atoms with Gasteiger partial charge in [0.05, 0.1) is 11.0 Å². The lowest BCUT2D eigenvalue weighted by molar-refractivity contribution is -0.385. The van der Waals surface area contributed by atoms with Gasteiger partial charge in [-0.05, 0) is 31.7 Å². The van der Waals surface area contributed by atoms with Gasteiger partial charge < -0.3 is 15.6 Å². The summed E-state index contributed by atoms with van der Waals surface area (Å²) >= 11 is 0. The van der Waals surface area contributed by atoms with Crippen molar-refractivity contribution >= 4 is 5.69 Å². The van der Waals surface area contributed by atoms with Gasteiger partial charge in [0.2, 0.25) is 0 Å². The third-order valence-corrected chi connectivity index (χ3v) is 4.66. The van der Waals surface area contributed by atoms with Crippen LogP contribution in [0.3, 0.4) is 0 Å². The van der Waals surface area contributed by atoms with Crippen LogP contribution < -0.4 is 10.5 Å². The van der Waals surface area contributed by atoms with Crippen molar-refractivity contribution in [1.29, 1.82) is 0 Å². The Bertz CT molecular complexity index is 554. The minimum Gasteiger partial charge on any atom is -0.484 e. The summed E-state index contributed by atoms with van der Waals surface area (Å²) in [6.45, 7) is 4.19. The molecule has 1 aromatic rings. The summed E-state index contributed by atoms with van der Waals surface area (Å²) in [7, 11) is 0. The Hall–Kier alpha value is -1.66. The summed E-state index contributed by atoms with van der Waals surface area (Å²) < 4.78 is 6.19. The van der Waals surface area contributed by atoms with Gasteiger partial charge in [0, 0.05) is 17.7 Å². The van der Waals surface area contributed by atoms with Gasteiger partial charge in [0.1, 0.15) is 17.5 Å². The minimum absolute atomic E-state index is 0.0374. The number of nitro groups is 1. The predicted octanol–water partition coefficient (Wildman–Crippen LogP) is 3.47. The molecule has 0 saturated heterocycles. The largest absolute Gasteiger partial charge is 0.484 e. The molecule has 23 heavy (non-hydrogen) atoms. The van der Waals surface area contributed by atoms with Gasteiger partial charge in [-0.2, -0.15) is 0 Å². The van der Waals surface area contributed by atoms with Gasteiger partial charge in [-0.15, -0.1) is 0 Å². The highest BCUT2D eigenvalue weighted by atomic mass is 16.6. The monoisotopic (exact) mass is 322 g/mol. The molecule has 1 aliphatic rings. The first kappa shape index (κ1) is 17.7. The molecular formula is C17H26N2O4. The topological polar surface area (TPSA) is 98.6 Å². The van der Waals surface area contributed by atoms with Crippen molar-refractivity contribution in [1.82, 2.24) is 0 Å². The molecule has 0 spiro atoms. The van der Waals surface area contributed by atoms with E-state index in [0.717, 1.165) is 38.5 Å². The van der Waals surface area contributed by atoms with E-state index in [-0.39, 0.29) is 5.69 Å². The maximum absolute atomic E-state index is 10.9. The van der Waals surface area contributed by atoms with Crippen molar-refractivity contribution < 1.29 is 14.8 Å². The SMILES string of the molecule is CCCCC1(CCCC)Oc2ccc([N+](=O)[O-])cc2[C@@H](N)[C@@H]1O. The van der Waals surface area contributed by atoms with Crippen molar-refractivity contribution in [3.63, 3.8) is 0 Å². The summed E-state index contributed by atoms with van der Waals surface area (Å²) in [6, 6.07) is 3.76. The second-order valence-electron chi connectivity index (χ2n) is 6.32. The third-order valence-electron chi connectivity index (χ3n) is 4.66. The highest BCUT2D eigenvalue weighted by molar-refractivity contribution is 5.48. The Labute approximate surface area is 136 Å². The number of ether oxygens (including phenoxy) is 1. The Morgan fingerprint density at radius 3 is 2.43 bits per heavy atom. The van der Waals surface area contributed by atoms with E-state index in [2.05, 4.69) is 13.8 Å². The normalized spacial score (nSPS) is 22.3. The average Bonchev–Trinajstić information content (AvgIpc) is 2.55. The number of rotatable bonds is 7. The van der Waals surface area contributed by atoms with E-state index in [1.54, 1.807) is 6.07 Å². The first-order chi connectivity index (χ1) is 10.9. The first-order valence-electron chi connectivity index (χ1n) is 8.36. The minimum atomic E-state index is -0.866. The number of fused-ring (bicyclic) bond motifs is 1. The van der Waals surface area contributed by atoms with Crippen LogP contribution in [0.4, 0.5) is 5.69 Å². The van der Waals surface area contributed by atoms with Gasteiger partial charge in [-0.3, -0.25) is 10.1 Å². The molecule has 3 N–H and O–H groups in total. The number of hydrogen-bond donors (Lipinski definition) is 2. The van der Waals surface area contributed by atoms with Crippen molar-refractivity contribution in [3.05, 3.63) is 33.9 Å². The van der Waals surface area contributed by atoms with Crippen LogP contribution in [0.1, 0.15) is 64.0 Å². The van der Waals surface area contributed by atoms with Crippen LogP contribution in [-0.2, 0) is 0 Å². The van der Waals surface area contributed by atoms with Crippen molar-refractivity contribution in [2.75, 3.05) is 0 Å². The van der Waals surface area contributed by atoms with Crippen molar-refractivity contribution in [2.24, 2.45) is 5.73 Å². The fourth-order valence-corrected chi connectivity index (χ4v) is 3.25. The van der Waals surface area contributed by atoms with Crippen LogP contribution in [0.5, 0.6) is 5.75 Å². The molecule has 1 heterocycles. The Balaban J connectivity index is 2.39. The van der Waals surface area contributed by atoms with Gasteiger partial charge in [0.15, 0.2) is 0 Å². The quantitative estimate of drug-likeness (QED) is 0.591. The molecule has 0 fully saturated rings. The lowest BCUT2D eigenvalue weighted by atomic mass is 9.78. The average molecular weight is 322 g/mol. The van der Waals surface area contributed by atoms with E-state index >= 15 is 0 Å². The lowest BCUT2D eigenvalue weighted by Gasteiger charge is -2.45. The van der Waals surface area contributed by atoms with Gasteiger partial charge >= 0.3 is 0 Å². The van der Waals surface area contributed by atoms with E-state index in [1.807, 2.05) is 0 Å². The number of nitrogens with zero attached hydrogens (tertiary/aromatic N) is 1. The lowest BCUT2D eigenvalue weighted by Crippen LogP contribution is -2.55. The molecule has 0 radical (unpaired) electrons. The highest BCUT2D eigenvalue weighted by Crippen LogP contribution is 2.44. The molecule has 1 aromatic carbocycles. The van der Waals surface area contributed by atoms with E-state index in [0.29, 0.717) is 11.3 Å². The Kier molecular flexibility index (Phi) is 5.59. The summed E-state index contributed by atoms with van der Waals surface area (Å²) in [5.74, 6) is 0.556. The van der Waals surface area contributed by atoms with E-state index < -0.39 is 22.7 Å². The van der Waals surface area contributed by atoms with Gasteiger partial charge in [-0.1, -0.05) is 26.7 Å². The maximum Gasteiger partial charge on any atom is 0.270 e. The molecule has 1 aliphatic heterocycles. The summed E-state index contributed by atoms with van der Waals surface area (Å²) in [4.78, 5) is 10.5. The first-order valence-corrected chi connectivity index (χ1v) is 8.36. The number of unbranched alkanes of at least 4 members (excludes halogenated alkanes) is 2. The smallest absolute Gasteiger partial charge is 0.270 e. The van der Waals surface area contributed by atoms with E-state index in [4.69, 9.17) is 10.5 Å². The molecule has 128 valence electrons. The molecule has 0 aromatic heterocycles. The molecule has 0 amide bonds. The number of aliphatic hydroxyl groups excluding tert-OH is 1. The van der Waals surface area contributed by atoms with Crippen LogP contribution >= 0.6 is 0 Å². The molecule has 2 rings (SSSR count). The number of benzene rings is 1. The molecule has 2 atom stereocenters. The fraction of sp³-hybridized carbons (Fsp3) is 0.647. The molecule has 0 bridgehead atoms. The van der Waals surface area contributed by atoms with Gasteiger partial charge in [-0.25, -0.2) is 0 Å². The van der Waals surface area contributed by atoms with Crippen LogP contribution in [0, 0.1) is 10.1 Å². The summed E-state index contributed by atoms with van der Waals surface area (Å²) in [5.41, 5.74) is 6.00. The standard InChI is InChI=1S/C17H26N2O4/c1-3-5-9-17(10-6-4-2)16(20)15(18)13-11-12(19(21)22)7-8-14(13)23-17/h7-8,11,15-16,20H,3-6,9-10,18H2,1-2H3/t15-,16+/m1/s1. The number of aliphatic hydroxyl groups is 1. The number of nitrogens with two attached hydrogens (primary N) is 1. The highest BCUT2D eigenvalue weighted by Gasteiger charge is 2.47. The van der Waals surface area contributed by atoms with Crippen molar-refractivity contribution in [2.45, 2.75) is 70.1 Å². The molecular weight excluding hydrogens is 296 g/mol. The summed E-state index contributed by atoms with van der Waals surface area (Å²) in [6.07, 6.45) is 4.49. The molecule has 6 nitrogen and oxygen atoms in total. The van der Waals surface area contributed by atoms with Crippen molar-refractivity contribution in [3.8, 4) is 5.75 Å². The number of non-ortho nitro benzene ring substituents is 1. The number of nitro benzene ring substituents is 1. The molecule has 0 unspecified atom stereocenters. The van der Waals surface area contributed by atoms with Crippen LogP contribution in [-0.4, -0.2) is 21.7 Å². The second-order valence-corrected chi connectivity index (χ2v) is 6.32. The molecule has 6 heteroatoms. The van der Waals surface area contributed by atoms with E-state index in [1.165, 1.54) is 12.1 Å². The third kappa shape index (κ3) is 3.48. The summed E-state index contributed by atoms with van der Waals surface area (Å²) in [5, 5.41) is 21.7. The van der Waals surface area contributed by atoms with Crippen LogP contribution in [0.2, 0.25) is 0 Å². The zero-order valence-electron chi connectivity index (χ0n) is 13.8. The zero-order chi connectivity index (χ0) is 17.0. The Morgan fingerprint density at radius 2 is 1.91 bits per heavy atom. The second kappa shape index (κ2) is 7.27. The van der Waals surface area contributed by atoms with E-state index in [9.17, 15) is 15.2 Å². The zero-order valence-corrected chi connectivity index (χ0v) is 13.8. The van der Waals surface area contributed by atoms with Crippen LogP contribution in [0.25, 0.3) is 0 Å². The predicted molar refractivity (Wildman–Crippen MR) is 88.4 cm³/mol. The fourth-order valence-electron chi connectivity index (χ4n) is 3.25. The molecule has 0 aliphatic carbocycles. The maximum atomic E-state index is 10.9. The Morgan fingerprint density at radius 1 is 1.30 bits per heavy atom. The van der Waals surface area contributed by atoms with Gasteiger partial charge in [0.25, 0.3) is 5.69 Å². The molecule has 0 saturated carbocycles.